The minimum absolute atomic E-state index is 0.157. The molecule has 0 aliphatic heterocycles. The summed E-state index contributed by atoms with van der Waals surface area (Å²) in [5.41, 5.74) is -0.402. The maximum absolute atomic E-state index is 12.7. The van der Waals surface area contributed by atoms with Crippen LogP contribution in [0.4, 0.5) is 18.9 Å². The lowest BCUT2D eigenvalue weighted by Crippen LogP contribution is -2.10. The van der Waals surface area contributed by atoms with Crippen LogP contribution < -0.4 is 5.32 Å². The van der Waals surface area contributed by atoms with E-state index in [-0.39, 0.29) is 10.5 Å². The van der Waals surface area contributed by atoms with Gasteiger partial charge in [-0.2, -0.15) is 13.2 Å². The monoisotopic (exact) mass is 274 g/mol. The van der Waals surface area contributed by atoms with Gasteiger partial charge in [-0.05, 0) is 19.1 Å². The number of para-hydroxylation sites is 1. The molecule has 0 unspecified atom stereocenters. The van der Waals surface area contributed by atoms with Crippen molar-refractivity contribution in [2.75, 3.05) is 11.9 Å². The van der Waals surface area contributed by atoms with Crippen molar-refractivity contribution in [1.29, 1.82) is 0 Å². The minimum Gasteiger partial charge on any atom is -0.385 e. The van der Waals surface area contributed by atoms with E-state index in [1.54, 1.807) is 12.1 Å². The molecule has 0 radical (unpaired) electrons. The molecule has 0 aliphatic rings. The number of hydrogen-bond donors (Lipinski definition) is 1. The van der Waals surface area contributed by atoms with Crippen LogP contribution in [-0.2, 0) is 6.18 Å². The molecule has 2 aromatic rings. The van der Waals surface area contributed by atoms with Gasteiger partial charge in [0.05, 0.1) is 10.5 Å². The standard InChI is InChI=1S/C12H10ClF3N2/c1-2-17-9-6-10(12(14,15)16)18-11-7(9)4-3-5-8(11)13/h3-6H,2H2,1H3,(H,17,18). The molecule has 1 heterocycles. The highest BCUT2D eigenvalue weighted by Crippen LogP contribution is 2.35. The molecule has 0 bridgehead atoms. The van der Waals surface area contributed by atoms with Crippen LogP contribution in [0.25, 0.3) is 10.9 Å². The third kappa shape index (κ3) is 2.36. The highest BCUT2D eigenvalue weighted by Gasteiger charge is 2.33. The van der Waals surface area contributed by atoms with E-state index in [2.05, 4.69) is 10.3 Å². The van der Waals surface area contributed by atoms with Crippen LogP contribution in [0.15, 0.2) is 24.3 Å². The van der Waals surface area contributed by atoms with Crippen LogP contribution in [0.5, 0.6) is 0 Å². The molecule has 0 aliphatic carbocycles. The smallest absolute Gasteiger partial charge is 0.385 e. The summed E-state index contributed by atoms with van der Waals surface area (Å²) >= 11 is 5.89. The Morgan fingerprint density at radius 1 is 1.33 bits per heavy atom. The Morgan fingerprint density at radius 2 is 2.06 bits per heavy atom. The third-order valence-electron chi connectivity index (χ3n) is 2.45. The van der Waals surface area contributed by atoms with Gasteiger partial charge in [0.25, 0.3) is 0 Å². The number of benzene rings is 1. The van der Waals surface area contributed by atoms with Crippen LogP contribution in [-0.4, -0.2) is 11.5 Å². The van der Waals surface area contributed by atoms with Crippen molar-refractivity contribution >= 4 is 28.2 Å². The molecule has 0 saturated heterocycles. The number of rotatable bonds is 2. The van der Waals surface area contributed by atoms with Crippen molar-refractivity contribution in [1.82, 2.24) is 4.98 Å². The van der Waals surface area contributed by atoms with E-state index in [0.29, 0.717) is 17.6 Å². The number of pyridine rings is 1. The first kappa shape index (κ1) is 13.0. The number of alkyl halides is 3. The molecule has 0 atom stereocenters. The Morgan fingerprint density at radius 3 is 2.67 bits per heavy atom. The van der Waals surface area contributed by atoms with E-state index < -0.39 is 11.9 Å². The molecular weight excluding hydrogens is 265 g/mol. The van der Waals surface area contributed by atoms with Crippen molar-refractivity contribution in [3.05, 3.63) is 35.0 Å². The largest absolute Gasteiger partial charge is 0.433 e. The quantitative estimate of drug-likeness (QED) is 0.881. The Balaban J connectivity index is 2.75. The summed E-state index contributed by atoms with van der Waals surface area (Å²) in [5.74, 6) is 0. The summed E-state index contributed by atoms with van der Waals surface area (Å²) in [6.07, 6.45) is -4.49. The second-order valence-electron chi connectivity index (χ2n) is 3.72. The van der Waals surface area contributed by atoms with Crippen LogP contribution >= 0.6 is 11.6 Å². The zero-order valence-electron chi connectivity index (χ0n) is 9.48. The van der Waals surface area contributed by atoms with E-state index in [1.165, 1.54) is 6.07 Å². The first-order valence-electron chi connectivity index (χ1n) is 5.34. The zero-order chi connectivity index (χ0) is 13.3. The lowest BCUT2D eigenvalue weighted by Gasteiger charge is -2.13. The average Bonchev–Trinajstić information content (AvgIpc) is 2.29. The Hall–Kier alpha value is -1.49. The number of nitrogens with one attached hydrogen (secondary N) is 1. The van der Waals surface area contributed by atoms with Crippen molar-refractivity contribution in [2.24, 2.45) is 0 Å². The maximum atomic E-state index is 12.7. The number of aromatic nitrogens is 1. The summed E-state index contributed by atoms with van der Waals surface area (Å²) in [5, 5.41) is 3.68. The zero-order valence-corrected chi connectivity index (χ0v) is 10.2. The summed E-state index contributed by atoms with van der Waals surface area (Å²) < 4.78 is 38.2. The molecule has 0 spiro atoms. The van der Waals surface area contributed by atoms with Gasteiger partial charge in [0.15, 0.2) is 0 Å². The van der Waals surface area contributed by atoms with Gasteiger partial charge in [0, 0.05) is 17.6 Å². The van der Waals surface area contributed by atoms with E-state index >= 15 is 0 Å². The molecule has 0 saturated carbocycles. The van der Waals surface area contributed by atoms with Crippen LogP contribution in [0, 0.1) is 0 Å². The summed E-state index contributed by atoms with van der Waals surface area (Å²) in [6, 6.07) is 5.89. The summed E-state index contributed by atoms with van der Waals surface area (Å²) in [6.45, 7) is 2.33. The maximum Gasteiger partial charge on any atom is 0.433 e. The van der Waals surface area contributed by atoms with Gasteiger partial charge in [-0.1, -0.05) is 23.7 Å². The SMILES string of the molecule is CCNc1cc(C(F)(F)F)nc2c(Cl)cccc12. The number of anilines is 1. The van der Waals surface area contributed by atoms with Gasteiger partial charge in [0.2, 0.25) is 0 Å². The van der Waals surface area contributed by atoms with Gasteiger partial charge < -0.3 is 5.32 Å². The fourth-order valence-electron chi connectivity index (χ4n) is 1.70. The van der Waals surface area contributed by atoms with Gasteiger partial charge in [-0.25, -0.2) is 4.98 Å². The molecule has 96 valence electrons. The second kappa shape index (κ2) is 4.65. The highest BCUT2D eigenvalue weighted by molar-refractivity contribution is 6.35. The molecule has 2 rings (SSSR count). The lowest BCUT2D eigenvalue weighted by atomic mass is 10.1. The molecule has 1 N–H and O–H groups in total. The van der Waals surface area contributed by atoms with E-state index in [9.17, 15) is 13.2 Å². The van der Waals surface area contributed by atoms with Crippen LogP contribution in [0.3, 0.4) is 0 Å². The van der Waals surface area contributed by atoms with Crippen molar-refractivity contribution in [3.8, 4) is 0 Å². The van der Waals surface area contributed by atoms with Gasteiger partial charge in [0.1, 0.15) is 5.69 Å². The number of nitrogens with zero attached hydrogens (tertiary/aromatic N) is 1. The molecule has 0 amide bonds. The third-order valence-corrected chi connectivity index (χ3v) is 2.75. The molecule has 0 fully saturated rings. The van der Waals surface area contributed by atoms with E-state index in [4.69, 9.17) is 11.6 Å². The number of fused-ring (bicyclic) bond motifs is 1. The lowest BCUT2D eigenvalue weighted by molar-refractivity contribution is -0.140. The molecule has 2 nitrogen and oxygen atoms in total. The molecule has 1 aromatic heterocycles. The van der Waals surface area contributed by atoms with E-state index in [1.807, 2.05) is 6.92 Å². The highest BCUT2D eigenvalue weighted by atomic mass is 35.5. The summed E-state index contributed by atoms with van der Waals surface area (Å²) in [7, 11) is 0. The first-order valence-corrected chi connectivity index (χ1v) is 5.71. The Labute approximate surface area is 107 Å². The van der Waals surface area contributed by atoms with E-state index in [0.717, 1.165) is 6.07 Å². The molecular formula is C12H10ClF3N2. The topological polar surface area (TPSA) is 24.9 Å². The molecule has 1 aromatic carbocycles. The predicted molar refractivity (Wildman–Crippen MR) is 65.9 cm³/mol. The van der Waals surface area contributed by atoms with Gasteiger partial charge in [-0.15, -0.1) is 0 Å². The van der Waals surface area contributed by atoms with Crippen LogP contribution in [0.1, 0.15) is 12.6 Å². The molecule has 6 heteroatoms. The van der Waals surface area contributed by atoms with Crippen molar-refractivity contribution in [3.63, 3.8) is 0 Å². The minimum atomic E-state index is -4.49. The predicted octanol–water partition coefficient (Wildman–Crippen LogP) is 4.34. The Kier molecular flexibility index (Phi) is 3.34. The first-order chi connectivity index (χ1) is 8.43. The second-order valence-corrected chi connectivity index (χ2v) is 4.13. The van der Waals surface area contributed by atoms with Crippen molar-refractivity contribution in [2.45, 2.75) is 13.1 Å². The van der Waals surface area contributed by atoms with Gasteiger partial charge in [-0.3, -0.25) is 0 Å². The van der Waals surface area contributed by atoms with Crippen molar-refractivity contribution < 1.29 is 13.2 Å². The fraction of sp³-hybridized carbons (Fsp3) is 0.250. The summed E-state index contributed by atoms with van der Waals surface area (Å²) in [4.78, 5) is 3.59. The Bertz CT molecular complexity index is 581. The average molecular weight is 275 g/mol. The number of halogens is 4. The molecule has 18 heavy (non-hydrogen) atoms. The van der Waals surface area contributed by atoms with Crippen LogP contribution in [0.2, 0.25) is 5.02 Å². The van der Waals surface area contributed by atoms with Gasteiger partial charge >= 0.3 is 6.18 Å². The number of hydrogen-bond acceptors (Lipinski definition) is 2. The fourth-order valence-corrected chi connectivity index (χ4v) is 1.91. The normalized spacial score (nSPS) is 11.8.